The van der Waals surface area contributed by atoms with Crippen molar-refractivity contribution in [2.45, 2.75) is 13.1 Å². The number of halogens is 4. The Morgan fingerprint density at radius 2 is 1.34 bits per heavy atom. The number of fused-ring (bicyclic) bond motifs is 1. The summed E-state index contributed by atoms with van der Waals surface area (Å²) in [5, 5.41) is 9.02. The third-order valence-electron chi connectivity index (χ3n) is 6.47. The maximum atomic E-state index is 14.0. The number of anilines is 2. The summed E-state index contributed by atoms with van der Waals surface area (Å²) >= 11 is 0. The molecule has 236 valence electrons. The van der Waals surface area contributed by atoms with E-state index in [1.165, 1.54) is 49.4 Å². The average Bonchev–Trinajstić information content (AvgIpc) is 3.47. The molecule has 0 saturated heterocycles. The SMILES string of the molecule is CC(=O)Nc1ccc(Oc2cc(NC(=O)c3nc4nc(-c5ccccc5)cc(C(F)(F)F)n4n3)cc(Oc3ccc(F)cc3)c2)cc1. The van der Waals surface area contributed by atoms with Crippen LogP contribution >= 0.6 is 0 Å². The normalized spacial score (nSPS) is 11.3. The van der Waals surface area contributed by atoms with E-state index in [4.69, 9.17) is 9.47 Å². The van der Waals surface area contributed by atoms with Crippen LogP contribution in [0.3, 0.4) is 0 Å². The van der Waals surface area contributed by atoms with Crippen molar-refractivity contribution < 1.29 is 36.6 Å². The highest BCUT2D eigenvalue weighted by Gasteiger charge is 2.36. The quantitative estimate of drug-likeness (QED) is 0.163. The maximum Gasteiger partial charge on any atom is 0.433 e. The third kappa shape index (κ3) is 7.33. The van der Waals surface area contributed by atoms with Gasteiger partial charge in [0.15, 0.2) is 5.69 Å². The van der Waals surface area contributed by atoms with Gasteiger partial charge in [-0.25, -0.2) is 9.37 Å². The van der Waals surface area contributed by atoms with E-state index in [9.17, 15) is 27.2 Å². The molecule has 0 unspecified atom stereocenters. The predicted molar refractivity (Wildman–Crippen MR) is 163 cm³/mol. The van der Waals surface area contributed by atoms with Crippen LogP contribution in [0.4, 0.5) is 28.9 Å². The van der Waals surface area contributed by atoms with Crippen molar-refractivity contribution in [1.29, 1.82) is 0 Å². The van der Waals surface area contributed by atoms with E-state index in [0.29, 0.717) is 21.5 Å². The zero-order chi connectivity index (χ0) is 33.1. The van der Waals surface area contributed by atoms with Crippen molar-refractivity contribution >= 4 is 29.0 Å². The third-order valence-corrected chi connectivity index (χ3v) is 6.47. The molecule has 10 nitrogen and oxygen atoms in total. The topological polar surface area (TPSA) is 120 Å². The molecule has 0 fully saturated rings. The molecule has 0 aliphatic carbocycles. The lowest BCUT2D eigenvalue weighted by Gasteiger charge is -2.13. The van der Waals surface area contributed by atoms with Crippen molar-refractivity contribution in [1.82, 2.24) is 19.6 Å². The minimum Gasteiger partial charge on any atom is -0.457 e. The van der Waals surface area contributed by atoms with Gasteiger partial charge in [0.1, 0.15) is 28.8 Å². The van der Waals surface area contributed by atoms with Crippen LogP contribution in [0.2, 0.25) is 0 Å². The van der Waals surface area contributed by atoms with E-state index in [1.807, 2.05) is 0 Å². The van der Waals surface area contributed by atoms with Gasteiger partial charge in [-0.15, -0.1) is 5.10 Å². The van der Waals surface area contributed by atoms with Crippen LogP contribution in [0, 0.1) is 5.82 Å². The number of carbonyl (C=O) groups excluding carboxylic acids is 2. The standard InChI is InChI=1S/C33H22F4N6O4/c1-19(44)38-22-9-13-25(14-10-22)47-27-16-23(15-26(17-27)46-24-11-7-21(34)8-12-24)39-31(45)30-41-32-40-28(20-5-3-2-4-6-20)18-29(33(35,36)37)43(32)42-30/h2-18H,1H3,(H,38,44)(H,39,45). The Balaban J connectivity index is 1.32. The molecule has 14 heteroatoms. The molecule has 0 saturated carbocycles. The predicted octanol–water partition coefficient (Wildman–Crippen LogP) is 7.74. The van der Waals surface area contributed by atoms with E-state index in [2.05, 4.69) is 25.7 Å². The Bertz CT molecular complexity index is 2080. The van der Waals surface area contributed by atoms with Gasteiger partial charge in [0.25, 0.3) is 11.7 Å². The first-order chi connectivity index (χ1) is 22.5. The molecule has 6 aromatic rings. The van der Waals surface area contributed by atoms with Crippen LogP contribution < -0.4 is 20.1 Å². The molecule has 0 aliphatic heterocycles. The van der Waals surface area contributed by atoms with E-state index >= 15 is 0 Å². The van der Waals surface area contributed by atoms with Crippen molar-refractivity contribution in [2.24, 2.45) is 0 Å². The van der Waals surface area contributed by atoms with Crippen LogP contribution in [0.15, 0.2) is 103 Å². The molecule has 2 heterocycles. The Hall–Kier alpha value is -6.31. The van der Waals surface area contributed by atoms with Gasteiger partial charge in [-0.3, -0.25) is 9.59 Å². The highest BCUT2D eigenvalue weighted by atomic mass is 19.4. The summed E-state index contributed by atoms with van der Waals surface area (Å²) in [4.78, 5) is 32.8. The molecule has 2 aromatic heterocycles. The first-order valence-corrected chi connectivity index (χ1v) is 13.9. The summed E-state index contributed by atoms with van der Waals surface area (Å²) in [6.07, 6.45) is -4.83. The number of rotatable bonds is 8. The van der Waals surface area contributed by atoms with Gasteiger partial charge in [0.2, 0.25) is 11.7 Å². The molecule has 6 rings (SSSR count). The summed E-state index contributed by atoms with van der Waals surface area (Å²) in [6, 6.07) is 25.1. The molecule has 4 aromatic carbocycles. The first-order valence-electron chi connectivity index (χ1n) is 13.9. The minimum atomic E-state index is -4.83. The van der Waals surface area contributed by atoms with E-state index in [1.54, 1.807) is 54.6 Å². The van der Waals surface area contributed by atoms with Crippen LogP contribution in [-0.4, -0.2) is 31.4 Å². The molecular formula is C33H22F4N6O4. The van der Waals surface area contributed by atoms with Gasteiger partial charge in [-0.2, -0.15) is 22.7 Å². The second-order valence-electron chi connectivity index (χ2n) is 10.0. The molecule has 0 radical (unpaired) electrons. The lowest BCUT2D eigenvalue weighted by atomic mass is 10.1. The Morgan fingerprint density at radius 3 is 1.94 bits per heavy atom. The minimum absolute atomic E-state index is 0.00215. The smallest absolute Gasteiger partial charge is 0.433 e. The second-order valence-corrected chi connectivity index (χ2v) is 10.0. The molecular weight excluding hydrogens is 620 g/mol. The van der Waals surface area contributed by atoms with Gasteiger partial charge >= 0.3 is 6.18 Å². The molecule has 0 bridgehead atoms. The fourth-order valence-electron chi connectivity index (χ4n) is 4.46. The summed E-state index contributed by atoms with van der Waals surface area (Å²) in [5.74, 6) is -1.62. The van der Waals surface area contributed by atoms with E-state index in [0.717, 1.165) is 6.07 Å². The van der Waals surface area contributed by atoms with Gasteiger partial charge < -0.3 is 20.1 Å². The van der Waals surface area contributed by atoms with Crippen molar-refractivity contribution in [3.05, 3.63) is 120 Å². The lowest BCUT2D eigenvalue weighted by Crippen LogP contribution is -2.16. The van der Waals surface area contributed by atoms with Gasteiger partial charge in [0.05, 0.1) is 5.69 Å². The van der Waals surface area contributed by atoms with E-state index in [-0.39, 0.29) is 34.5 Å². The van der Waals surface area contributed by atoms with Gasteiger partial charge in [-0.1, -0.05) is 30.3 Å². The van der Waals surface area contributed by atoms with Crippen molar-refractivity contribution in [2.75, 3.05) is 10.6 Å². The second kappa shape index (κ2) is 12.6. The number of hydrogen-bond donors (Lipinski definition) is 2. The number of carbonyl (C=O) groups is 2. The number of benzene rings is 4. The number of aromatic nitrogens is 4. The summed E-state index contributed by atoms with van der Waals surface area (Å²) in [6.45, 7) is 1.38. The lowest BCUT2D eigenvalue weighted by molar-refractivity contribution is -0.142. The average molecular weight is 643 g/mol. The number of alkyl halides is 3. The van der Waals surface area contributed by atoms with Crippen LogP contribution in [0.1, 0.15) is 23.2 Å². The van der Waals surface area contributed by atoms with Crippen molar-refractivity contribution in [3.8, 4) is 34.3 Å². The van der Waals surface area contributed by atoms with Crippen LogP contribution in [0.5, 0.6) is 23.0 Å². The summed E-state index contributed by atoms with van der Waals surface area (Å²) < 4.78 is 67.8. The number of nitrogens with one attached hydrogen (secondary N) is 2. The monoisotopic (exact) mass is 642 g/mol. The maximum absolute atomic E-state index is 14.0. The summed E-state index contributed by atoms with van der Waals surface area (Å²) in [7, 11) is 0. The molecule has 0 atom stereocenters. The number of hydrogen-bond acceptors (Lipinski definition) is 7. The zero-order valence-electron chi connectivity index (χ0n) is 24.2. The highest BCUT2D eigenvalue weighted by Crippen LogP contribution is 2.34. The fourth-order valence-corrected chi connectivity index (χ4v) is 4.46. The molecule has 0 spiro atoms. The molecule has 0 aliphatic rings. The molecule has 2 amide bonds. The van der Waals surface area contributed by atoms with Crippen LogP contribution in [-0.2, 0) is 11.0 Å². The Kier molecular flexibility index (Phi) is 8.23. The Morgan fingerprint density at radius 1 is 0.723 bits per heavy atom. The molecule has 2 N–H and O–H groups in total. The molecule has 47 heavy (non-hydrogen) atoms. The number of ether oxygens (including phenoxy) is 2. The number of amides is 2. The zero-order valence-corrected chi connectivity index (χ0v) is 24.2. The van der Waals surface area contributed by atoms with Crippen LogP contribution in [0.25, 0.3) is 17.0 Å². The highest BCUT2D eigenvalue weighted by molar-refractivity contribution is 6.02. The van der Waals surface area contributed by atoms with E-state index < -0.39 is 35.2 Å². The largest absolute Gasteiger partial charge is 0.457 e. The number of nitrogens with zero attached hydrogens (tertiary/aromatic N) is 4. The van der Waals surface area contributed by atoms with Gasteiger partial charge in [0, 0.05) is 42.1 Å². The first kappa shape index (κ1) is 30.7. The summed E-state index contributed by atoms with van der Waals surface area (Å²) in [5.41, 5.74) is -0.0765. The van der Waals surface area contributed by atoms with Crippen molar-refractivity contribution in [3.63, 3.8) is 0 Å². The fraction of sp³-hybridized carbons (Fsp3) is 0.0606. The Labute approximate surface area is 263 Å². The van der Waals surface area contributed by atoms with Gasteiger partial charge in [-0.05, 0) is 54.6 Å².